The number of rotatable bonds is 4. The molecule has 1 saturated carbocycles. The van der Waals surface area contributed by atoms with Crippen LogP contribution in [0.3, 0.4) is 0 Å². The van der Waals surface area contributed by atoms with Crippen molar-refractivity contribution < 1.29 is 4.79 Å². The Kier molecular flexibility index (Phi) is 2.64. The molecule has 5 heteroatoms. The van der Waals surface area contributed by atoms with Gasteiger partial charge in [0.05, 0.1) is 5.56 Å². The van der Waals surface area contributed by atoms with Crippen molar-refractivity contribution in [2.24, 2.45) is 11.1 Å². The van der Waals surface area contributed by atoms with Crippen LogP contribution < -0.4 is 11.1 Å². The fourth-order valence-electron chi connectivity index (χ4n) is 1.42. The molecule has 0 spiro atoms. The summed E-state index contributed by atoms with van der Waals surface area (Å²) in [5, 5.41) is 2.85. The summed E-state index contributed by atoms with van der Waals surface area (Å²) in [6.07, 6.45) is 6.62. The standard InChI is InChI=1S/C10H14N4O/c11-5-10(1-2-10)6-14-9(15)8-3-12-7-13-4-8/h3-4,7H,1-2,5-6,11H2,(H,14,15). The number of carbonyl (C=O) groups excluding carboxylic acids is 1. The molecule has 0 unspecified atom stereocenters. The number of amides is 1. The Morgan fingerprint density at radius 1 is 1.47 bits per heavy atom. The van der Waals surface area contributed by atoms with E-state index in [4.69, 9.17) is 5.73 Å². The van der Waals surface area contributed by atoms with Crippen LogP contribution in [0, 0.1) is 5.41 Å². The number of hydrogen-bond donors (Lipinski definition) is 2. The zero-order valence-electron chi connectivity index (χ0n) is 8.44. The van der Waals surface area contributed by atoms with E-state index in [-0.39, 0.29) is 11.3 Å². The van der Waals surface area contributed by atoms with Crippen LogP contribution in [-0.2, 0) is 0 Å². The summed E-state index contributed by atoms with van der Waals surface area (Å²) >= 11 is 0. The smallest absolute Gasteiger partial charge is 0.254 e. The highest BCUT2D eigenvalue weighted by atomic mass is 16.1. The highest BCUT2D eigenvalue weighted by Gasteiger charge is 2.41. The summed E-state index contributed by atoms with van der Waals surface area (Å²) in [6.45, 7) is 1.29. The molecule has 0 aromatic carbocycles. The zero-order chi connectivity index (χ0) is 10.7. The van der Waals surface area contributed by atoms with Crippen LogP contribution >= 0.6 is 0 Å². The molecule has 1 aromatic heterocycles. The Hall–Kier alpha value is -1.49. The van der Waals surface area contributed by atoms with Gasteiger partial charge in [0.2, 0.25) is 0 Å². The predicted octanol–water partition coefficient (Wildman–Crippen LogP) is -0.0547. The van der Waals surface area contributed by atoms with E-state index in [0.29, 0.717) is 18.7 Å². The molecule has 1 heterocycles. The first-order valence-corrected chi connectivity index (χ1v) is 4.99. The molecule has 0 aliphatic heterocycles. The van der Waals surface area contributed by atoms with Crippen molar-refractivity contribution >= 4 is 5.91 Å². The molecule has 0 radical (unpaired) electrons. The van der Waals surface area contributed by atoms with E-state index in [1.165, 1.54) is 18.7 Å². The van der Waals surface area contributed by atoms with Gasteiger partial charge in [-0.05, 0) is 19.4 Å². The quantitative estimate of drug-likeness (QED) is 0.723. The summed E-state index contributed by atoms with van der Waals surface area (Å²) < 4.78 is 0. The topological polar surface area (TPSA) is 80.9 Å². The first kappa shape index (κ1) is 10.0. The third-order valence-electron chi connectivity index (χ3n) is 2.84. The van der Waals surface area contributed by atoms with E-state index in [1.807, 2.05) is 0 Å². The maximum absolute atomic E-state index is 11.6. The van der Waals surface area contributed by atoms with Crippen molar-refractivity contribution in [3.8, 4) is 0 Å². The van der Waals surface area contributed by atoms with Gasteiger partial charge in [0.15, 0.2) is 0 Å². The fourth-order valence-corrected chi connectivity index (χ4v) is 1.42. The number of aromatic nitrogens is 2. The van der Waals surface area contributed by atoms with Crippen LogP contribution in [-0.4, -0.2) is 29.0 Å². The second kappa shape index (κ2) is 3.94. The molecule has 2 rings (SSSR count). The number of hydrogen-bond acceptors (Lipinski definition) is 4. The Morgan fingerprint density at radius 3 is 2.67 bits per heavy atom. The predicted molar refractivity (Wildman–Crippen MR) is 55.1 cm³/mol. The molecule has 80 valence electrons. The zero-order valence-corrected chi connectivity index (χ0v) is 8.44. The summed E-state index contributed by atoms with van der Waals surface area (Å²) in [5.74, 6) is -0.129. The van der Waals surface area contributed by atoms with Crippen LogP contribution in [0.15, 0.2) is 18.7 Å². The fraction of sp³-hybridized carbons (Fsp3) is 0.500. The highest BCUT2D eigenvalue weighted by Crippen LogP contribution is 2.43. The lowest BCUT2D eigenvalue weighted by molar-refractivity contribution is 0.0944. The van der Waals surface area contributed by atoms with E-state index < -0.39 is 0 Å². The first-order chi connectivity index (χ1) is 7.26. The van der Waals surface area contributed by atoms with Crippen molar-refractivity contribution in [3.63, 3.8) is 0 Å². The van der Waals surface area contributed by atoms with Gasteiger partial charge in [0, 0.05) is 24.4 Å². The molecule has 3 N–H and O–H groups in total. The Bertz CT molecular complexity index is 348. The van der Waals surface area contributed by atoms with Gasteiger partial charge >= 0.3 is 0 Å². The summed E-state index contributed by atoms with van der Waals surface area (Å²) in [7, 11) is 0. The third kappa shape index (κ3) is 2.30. The summed E-state index contributed by atoms with van der Waals surface area (Å²) in [6, 6.07) is 0. The largest absolute Gasteiger partial charge is 0.351 e. The molecule has 1 aliphatic rings. The van der Waals surface area contributed by atoms with Gasteiger partial charge in [-0.1, -0.05) is 0 Å². The Labute approximate surface area is 88.1 Å². The van der Waals surface area contributed by atoms with E-state index in [0.717, 1.165) is 12.8 Å². The van der Waals surface area contributed by atoms with E-state index in [9.17, 15) is 4.79 Å². The van der Waals surface area contributed by atoms with Gasteiger partial charge < -0.3 is 11.1 Å². The lowest BCUT2D eigenvalue weighted by Crippen LogP contribution is -2.33. The number of carbonyl (C=O) groups is 1. The SMILES string of the molecule is NCC1(CNC(=O)c2cncnc2)CC1. The van der Waals surface area contributed by atoms with Crippen LogP contribution in [0.5, 0.6) is 0 Å². The number of nitrogens with two attached hydrogens (primary N) is 1. The summed E-state index contributed by atoms with van der Waals surface area (Å²) in [4.78, 5) is 19.2. The monoisotopic (exact) mass is 206 g/mol. The minimum Gasteiger partial charge on any atom is -0.351 e. The van der Waals surface area contributed by atoms with Gasteiger partial charge in [0.1, 0.15) is 6.33 Å². The van der Waals surface area contributed by atoms with E-state index >= 15 is 0 Å². The van der Waals surface area contributed by atoms with Crippen molar-refractivity contribution in [3.05, 3.63) is 24.3 Å². The van der Waals surface area contributed by atoms with Crippen LogP contribution in [0.4, 0.5) is 0 Å². The number of nitrogens with one attached hydrogen (secondary N) is 1. The van der Waals surface area contributed by atoms with Crippen molar-refractivity contribution in [2.75, 3.05) is 13.1 Å². The Balaban J connectivity index is 1.88. The van der Waals surface area contributed by atoms with Crippen LogP contribution in [0.2, 0.25) is 0 Å². The first-order valence-electron chi connectivity index (χ1n) is 4.99. The molecule has 1 aromatic rings. The molecular formula is C10H14N4O. The minimum absolute atomic E-state index is 0.129. The molecule has 1 aliphatic carbocycles. The van der Waals surface area contributed by atoms with Gasteiger partial charge in [-0.15, -0.1) is 0 Å². The van der Waals surface area contributed by atoms with Gasteiger partial charge in [-0.3, -0.25) is 4.79 Å². The van der Waals surface area contributed by atoms with Gasteiger partial charge in [0.25, 0.3) is 5.91 Å². The molecule has 0 atom stereocenters. The van der Waals surface area contributed by atoms with Crippen molar-refractivity contribution in [1.29, 1.82) is 0 Å². The lowest BCUT2D eigenvalue weighted by Gasteiger charge is -2.12. The maximum atomic E-state index is 11.6. The Morgan fingerprint density at radius 2 is 2.13 bits per heavy atom. The molecule has 0 bridgehead atoms. The van der Waals surface area contributed by atoms with Crippen LogP contribution in [0.25, 0.3) is 0 Å². The van der Waals surface area contributed by atoms with Crippen molar-refractivity contribution in [2.45, 2.75) is 12.8 Å². The summed E-state index contributed by atoms with van der Waals surface area (Å²) in [5.41, 5.74) is 6.27. The molecule has 1 amide bonds. The minimum atomic E-state index is -0.129. The second-order valence-corrected chi connectivity index (χ2v) is 4.01. The lowest BCUT2D eigenvalue weighted by atomic mass is 10.1. The average molecular weight is 206 g/mol. The normalized spacial score (nSPS) is 17.1. The van der Waals surface area contributed by atoms with Crippen molar-refractivity contribution in [1.82, 2.24) is 15.3 Å². The van der Waals surface area contributed by atoms with E-state index in [1.54, 1.807) is 0 Å². The molecular weight excluding hydrogens is 192 g/mol. The highest BCUT2D eigenvalue weighted by molar-refractivity contribution is 5.93. The van der Waals surface area contributed by atoms with Gasteiger partial charge in [-0.2, -0.15) is 0 Å². The molecule has 15 heavy (non-hydrogen) atoms. The second-order valence-electron chi connectivity index (χ2n) is 4.01. The molecule has 1 fully saturated rings. The average Bonchev–Trinajstić information content (AvgIpc) is 3.08. The van der Waals surface area contributed by atoms with Crippen LogP contribution in [0.1, 0.15) is 23.2 Å². The molecule has 5 nitrogen and oxygen atoms in total. The van der Waals surface area contributed by atoms with E-state index in [2.05, 4.69) is 15.3 Å². The molecule has 0 saturated heterocycles. The maximum Gasteiger partial charge on any atom is 0.254 e. The third-order valence-corrected chi connectivity index (χ3v) is 2.84. The van der Waals surface area contributed by atoms with Gasteiger partial charge in [-0.25, -0.2) is 9.97 Å². The number of nitrogens with zero attached hydrogens (tertiary/aromatic N) is 2.